The molecule has 0 aromatic carbocycles. The number of amides is 1. The molecular weight excluding hydrogens is 202 g/mol. The largest absolute Gasteiger partial charge is 0.300 e. The van der Waals surface area contributed by atoms with Crippen LogP contribution in [0.25, 0.3) is 0 Å². The Balaban J connectivity index is 2.13. The summed E-state index contributed by atoms with van der Waals surface area (Å²) in [6, 6.07) is 0.708. The number of nitrogens with two attached hydrogens (primary N) is 1. The molecule has 0 radical (unpaired) electrons. The molecule has 0 bridgehead atoms. The van der Waals surface area contributed by atoms with E-state index in [9.17, 15) is 4.79 Å². The average Bonchev–Trinajstić information content (AvgIpc) is 2.28. The van der Waals surface area contributed by atoms with E-state index >= 15 is 0 Å². The van der Waals surface area contributed by atoms with Gasteiger partial charge in [-0.1, -0.05) is 6.92 Å². The Morgan fingerprint density at radius 3 is 2.81 bits per heavy atom. The fraction of sp³-hybridized carbons (Fsp3) is 0.917. The number of hydrazine groups is 1. The highest BCUT2D eigenvalue weighted by atomic mass is 16.2. The fourth-order valence-electron chi connectivity index (χ4n) is 2.36. The molecule has 0 aromatic heterocycles. The van der Waals surface area contributed by atoms with Gasteiger partial charge in [0.1, 0.15) is 0 Å². The maximum atomic E-state index is 10.9. The number of rotatable bonds is 5. The molecule has 1 aliphatic heterocycles. The first-order chi connectivity index (χ1) is 7.63. The quantitative estimate of drug-likeness (QED) is 0.322. The van der Waals surface area contributed by atoms with Crippen LogP contribution in [0.4, 0.5) is 0 Å². The van der Waals surface area contributed by atoms with Crippen molar-refractivity contribution in [1.82, 2.24) is 10.3 Å². The number of carbonyl (C=O) groups excluding carboxylic acids is 1. The summed E-state index contributed by atoms with van der Waals surface area (Å²) in [4.78, 5) is 13.5. The second-order valence-corrected chi connectivity index (χ2v) is 5.05. The van der Waals surface area contributed by atoms with Crippen molar-refractivity contribution in [2.24, 2.45) is 11.8 Å². The summed E-state index contributed by atoms with van der Waals surface area (Å²) < 4.78 is 0. The number of nitrogens with zero attached hydrogens (tertiary/aromatic N) is 1. The number of hydrogen-bond acceptors (Lipinski definition) is 3. The molecule has 0 saturated carbocycles. The molecule has 2 atom stereocenters. The molecule has 1 heterocycles. The third-order valence-corrected chi connectivity index (χ3v) is 3.51. The first kappa shape index (κ1) is 13.5. The lowest BCUT2D eigenvalue weighted by Crippen LogP contribution is -2.41. The van der Waals surface area contributed by atoms with E-state index in [1.54, 1.807) is 0 Å². The SMILES string of the molecule is CC1CCC(C)N(CCCCC(=O)NN)C1. The Labute approximate surface area is 98.5 Å². The number of piperidine rings is 1. The van der Waals surface area contributed by atoms with Gasteiger partial charge in [-0.05, 0) is 45.1 Å². The third kappa shape index (κ3) is 4.49. The Hall–Kier alpha value is -0.610. The zero-order valence-electron chi connectivity index (χ0n) is 10.5. The summed E-state index contributed by atoms with van der Waals surface area (Å²) in [6.45, 7) is 6.95. The molecule has 0 spiro atoms. The number of likely N-dealkylation sites (tertiary alicyclic amines) is 1. The third-order valence-electron chi connectivity index (χ3n) is 3.51. The second-order valence-electron chi connectivity index (χ2n) is 5.05. The summed E-state index contributed by atoms with van der Waals surface area (Å²) in [6.07, 6.45) is 5.23. The van der Waals surface area contributed by atoms with E-state index < -0.39 is 0 Å². The smallest absolute Gasteiger partial charge is 0.233 e. The molecule has 1 amide bonds. The first-order valence-corrected chi connectivity index (χ1v) is 6.37. The predicted molar refractivity (Wildman–Crippen MR) is 65.6 cm³/mol. The molecule has 4 heteroatoms. The van der Waals surface area contributed by atoms with Crippen molar-refractivity contribution in [3.8, 4) is 0 Å². The summed E-state index contributed by atoms with van der Waals surface area (Å²) in [5, 5.41) is 0. The summed E-state index contributed by atoms with van der Waals surface area (Å²) in [5.74, 6) is 5.79. The number of hydrogen-bond donors (Lipinski definition) is 2. The molecule has 1 rings (SSSR count). The van der Waals surface area contributed by atoms with Gasteiger partial charge in [-0.2, -0.15) is 0 Å². The van der Waals surface area contributed by atoms with Crippen molar-refractivity contribution < 1.29 is 4.79 Å². The first-order valence-electron chi connectivity index (χ1n) is 6.37. The lowest BCUT2D eigenvalue weighted by atomic mass is 9.95. The van der Waals surface area contributed by atoms with Crippen molar-refractivity contribution in [2.45, 2.75) is 52.0 Å². The topological polar surface area (TPSA) is 58.4 Å². The summed E-state index contributed by atoms with van der Waals surface area (Å²) >= 11 is 0. The number of nitrogens with one attached hydrogen (secondary N) is 1. The van der Waals surface area contributed by atoms with E-state index in [2.05, 4.69) is 24.2 Å². The minimum Gasteiger partial charge on any atom is -0.300 e. The van der Waals surface area contributed by atoms with Gasteiger partial charge < -0.3 is 4.90 Å². The highest BCUT2D eigenvalue weighted by Gasteiger charge is 2.21. The lowest BCUT2D eigenvalue weighted by molar-refractivity contribution is -0.121. The van der Waals surface area contributed by atoms with Crippen molar-refractivity contribution in [3.05, 3.63) is 0 Å². The molecular formula is C12H25N3O. The Kier molecular flexibility index (Phi) is 5.77. The molecule has 1 saturated heterocycles. The lowest BCUT2D eigenvalue weighted by Gasteiger charge is -2.36. The van der Waals surface area contributed by atoms with Gasteiger partial charge in [0, 0.05) is 19.0 Å². The van der Waals surface area contributed by atoms with Crippen LogP contribution in [0.2, 0.25) is 0 Å². The maximum absolute atomic E-state index is 10.9. The van der Waals surface area contributed by atoms with Crippen molar-refractivity contribution in [2.75, 3.05) is 13.1 Å². The monoisotopic (exact) mass is 227 g/mol. The Morgan fingerprint density at radius 1 is 1.38 bits per heavy atom. The highest BCUT2D eigenvalue weighted by Crippen LogP contribution is 2.21. The van der Waals surface area contributed by atoms with Crippen LogP contribution in [0.5, 0.6) is 0 Å². The van der Waals surface area contributed by atoms with Crippen LogP contribution in [-0.2, 0) is 4.79 Å². The van der Waals surface area contributed by atoms with Gasteiger partial charge in [0.25, 0.3) is 0 Å². The molecule has 94 valence electrons. The van der Waals surface area contributed by atoms with E-state index in [-0.39, 0.29) is 5.91 Å². The van der Waals surface area contributed by atoms with Gasteiger partial charge in [-0.15, -0.1) is 0 Å². The van der Waals surface area contributed by atoms with E-state index in [0.29, 0.717) is 12.5 Å². The Morgan fingerprint density at radius 2 is 2.12 bits per heavy atom. The molecule has 3 N–H and O–H groups in total. The van der Waals surface area contributed by atoms with Crippen LogP contribution in [0.3, 0.4) is 0 Å². The van der Waals surface area contributed by atoms with E-state index in [1.165, 1.54) is 19.4 Å². The van der Waals surface area contributed by atoms with Crippen LogP contribution in [0.15, 0.2) is 0 Å². The standard InChI is InChI=1S/C12H25N3O/c1-10-6-7-11(2)15(9-10)8-4-3-5-12(16)14-13/h10-11H,3-9,13H2,1-2H3,(H,14,16). The Bertz CT molecular complexity index is 220. The average molecular weight is 227 g/mol. The van der Waals surface area contributed by atoms with Gasteiger partial charge in [0.2, 0.25) is 5.91 Å². The van der Waals surface area contributed by atoms with Gasteiger partial charge in [-0.25, -0.2) is 5.84 Å². The zero-order valence-corrected chi connectivity index (χ0v) is 10.5. The van der Waals surface area contributed by atoms with Gasteiger partial charge in [-0.3, -0.25) is 10.2 Å². The minimum atomic E-state index is -0.0555. The van der Waals surface area contributed by atoms with Gasteiger partial charge in [0.15, 0.2) is 0 Å². The van der Waals surface area contributed by atoms with Crippen LogP contribution < -0.4 is 11.3 Å². The molecule has 1 fully saturated rings. The van der Waals surface area contributed by atoms with Crippen molar-refractivity contribution >= 4 is 5.91 Å². The van der Waals surface area contributed by atoms with Gasteiger partial charge >= 0.3 is 0 Å². The van der Waals surface area contributed by atoms with Gasteiger partial charge in [0.05, 0.1) is 0 Å². The molecule has 4 nitrogen and oxygen atoms in total. The highest BCUT2D eigenvalue weighted by molar-refractivity contribution is 5.75. The number of unbranched alkanes of at least 4 members (excludes halogenated alkanes) is 1. The van der Waals surface area contributed by atoms with Crippen LogP contribution in [0.1, 0.15) is 46.0 Å². The molecule has 0 aliphatic carbocycles. The van der Waals surface area contributed by atoms with Crippen LogP contribution in [0, 0.1) is 5.92 Å². The molecule has 0 aromatic rings. The predicted octanol–water partition coefficient (Wildman–Crippen LogP) is 1.27. The van der Waals surface area contributed by atoms with Crippen molar-refractivity contribution in [1.29, 1.82) is 0 Å². The van der Waals surface area contributed by atoms with E-state index in [1.807, 2.05) is 0 Å². The maximum Gasteiger partial charge on any atom is 0.233 e. The zero-order chi connectivity index (χ0) is 12.0. The fourth-order valence-corrected chi connectivity index (χ4v) is 2.36. The van der Waals surface area contributed by atoms with Crippen molar-refractivity contribution in [3.63, 3.8) is 0 Å². The summed E-state index contributed by atoms with van der Waals surface area (Å²) in [7, 11) is 0. The number of carbonyl (C=O) groups is 1. The molecule has 1 aliphatic rings. The van der Waals surface area contributed by atoms with Crippen LogP contribution >= 0.6 is 0 Å². The normalized spacial score (nSPS) is 26.7. The summed E-state index contributed by atoms with van der Waals surface area (Å²) in [5.41, 5.74) is 2.17. The van der Waals surface area contributed by atoms with Crippen LogP contribution in [-0.4, -0.2) is 29.9 Å². The molecule has 16 heavy (non-hydrogen) atoms. The minimum absolute atomic E-state index is 0.0555. The van der Waals surface area contributed by atoms with E-state index in [0.717, 1.165) is 25.3 Å². The second kappa shape index (κ2) is 6.86. The van der Waals surface area contributed by atoms with E-state index in [4.69, 9.17) is 5.84 Å². The molecule has 2 unspecified atom stereocenters.